The second-order valence-corrected chi connectivity index (χ2v) is 7.32. The molecule has 0 spiro atoms. The van der Waals surface area contributed by atoms with Crippen LogP contribution >= 0.6 is 35.6 Å². The number of furan rings is 1. The fraction of sp³-hybridized carbons (Fsp3) is 0.118. The standard InChI is InChI=1S/C17H12ClNO5S2/c18-10-2-1-3-11(6-10)23-9-13-5-4-12(24-13)7-14-16(22)19(8-15(20)21)17(25)26-14/h1-7H,8-9H2,(H,20,21). The van der Waals surface area contributed by atoms with Gasteiger partial charge in [0.1, 0.15) is 34.7 Å². The van der Waals surface area contributed by atoms with Crippen LogP contribution in [0.25, 0.3) is 6.08 Å². The normalized spacial score (nSPS) is 15.7. The molecule has 0 unspecified atom stereocenters. The predicted molar refractivity (Wildman–Crippen MR) is 102 cm³/mol. The number of aliphatic carboxylic acids is 1. The van der Waals surface area contributed by atoms with Crippen molar-refractivity contribution in [3.05, 3.63) is 57.8 Å². The Hall–Kier alpha value is -2.29. The summed E-state index contributed by atoms with van der Waals surface area (Å²) in [6.45, 7) is -0.257. The minimum absolute atomic E-state index is 0.203. The Kier molecular flexibility index (Phi) is 5.65. The van der Waals surface area contributed by atoms with Crippen molar-refractivity contribution in [2.75, 3.05) is 6.54 Å². The molecule has 134 valence electrons. The monoisotopic (exact) mass is 409 g/mol. The van der Waals surface area contributed by atoms with Gasteiger partial charge in [-0.05, 0) is 30.3 Å². The SMILES string of the molecule is O=C(O)CN1C(=O)C(=Cc2ccc(COc3cccc(Cl)c3)o2)SC1=S. The van der Waals surface area contributed by atoms with Crippen LogP contribution < -0.4 is 4.74 Å². The predicted octanol–water partition coefficient (Wildman–Crippen LogP) is 3.80. The van der Waals surface area contributed by atoms with Crippen LogP contribution in [0.3, 0.4) is 0 Å². The van der Waals surface area contributed by atoms with Crippen molar-refractivity contribution in [3.8, 4) is 5.75 Å². The number of thioether (sulfide) groups is 1. The third kappa shape index (κ3) is 4.46. The van der Waals surface area contributed by atoms with E-state index in [4.69, 9.17) is 38.1 Å². The van der Waals surface area contributed by atoms with Gasteiger partial charge < -0.3 is 14.3 Å². The van der Waals surface area contributed by atoms with Gasteiger partial charge in [0.05, 0.1) is 4.91 Å². The van der Waals surface area contributed by atoms with E-state index in [1.165, 1.54) is 6.08 Å². The van der Waals surface area contributed by atoms with Gasteiger partial charge in [0.2, 0.25) is 0 Å². The second kappa shape index (κ2) is 7.94. The first-order valence-electron chi connectivity index (χ1n) is 7.36. The molecule has 1 aromatic carbocycles. The van der Waals surface area contributed by atoms with Gasteiger partial charge in [-0.1, -0.05) is 41.6 Å². The van der Waals surface area contributed by atoms with Gasteiger partial charge in [-0.25, -0.2) is 0 Å². The number of thiocarbonyl (C=S) groups is 1. The highest BCUT2D eigenvalue weighted by Gasteiger charge is 2.33. The summed E-state index contributed by atoms with van der Waals surface area (Å²) in [7, 11) is 0. The summed E-state index contributed by atoms with van der Waals surface area (Å²) < 4.78 is 11.4. The number of benzene rings is 1. The van der Waals surface area contributed by atoms with Crippen molar-refractivity contribution in [1.29, 1.82) is 0 Å². The van der Waals surface area contributed by atoms with Crippen LogP contribution in [0.4, 0.5) is 0 Å². The highest BCUT2D eigenvalue weighted by Crippen LogP contribution is 2.32. The van der Waals surface area contributed by atoms with E-state index in [0.29, 0.717) is 27.2 Å². The zero-order valence-electron chi connectivity index (χ0n) is 13.2. The van der Waals surface area contributed by atoms with Crippen molar-refractivity contribution in [2.24, 2.45) is 0 Å². The van der Waals surface area contributed by atoms with Gasteiger partial charge >= 0.3 is 5.97 Å². The molecule has 1 aromatic heterocycles. The molecule has 2 aromatic rings. The largest absolute Gasteiger partial charge is 0.486 e. The number of carbonyl (C=O) groups excluding carboxylic acids is 1. The van der Waals surface area contributed by atoms with E-state index in [-0.39, 0.29) is 10.9 Å². The summed E-state index contributed by atoms with van der Waals surface area (Å²) in [5, 5.41) is 9.41. The summed E-state index contributed by atoms with van der Waals surface area (Å²) >= 11 is 12.0. The Bertz CT molecular complexity index is 908. The maximum atomic E-state index is 12.2. The lowest BCUT2D eigenvalue weighted by molar-refractivity contribution is -0.140. The first-order chi connectivity index (χ1) is 12.4. The molecule has 2 heterocycles. The zero-order chi connectivity index (χ0) is 18.7. The second-order valence-electron chi connectivity index (χ2n) is 5.21. The summed E-state index contributed by atoms with van der Waals surface area (Å²) in [5.74, 6) is 0.0595. The molecule has 1 aliphatic heterocycles. The third-order valence-electron chi connectivity index (χ3n) is 3.30. The van der Waals surface area contributed by atoms with E-state index in [0.717, 1.165) is 16.7 Å². The van der Waals surface area contributed by atoms with Gasteiger partial charge in [0, 0.05) is 11.1 Å². The molecule has 0 saturated carbocycles. The molecule has 3 rings (SSSR count). The summed E-state index contributed by atoms with van der Waals surface area (Å²) in [4.78, 5) is 24.4. The lowest BCUT2D eigenvalue weighted by Crippen LogP contribution is -2.33. The van der Waals surface area contributed by atoms with Gasteiger partial charge in [-0.3, -0.25) is 14.5 Å². The van der Waals surface area contributed by atoms with Crippen molar-refractivity contribution >= 4 is 57.9 Å². The van der Waals surface area contributed by atoms with Crippen molar-refractivity contribution < 1.29 is 23.8 Å². The van der Waals surface area contributed by atoms with Crippen molar-refractivity contribution in [2.45, 2.75) is 6.61 Å². The number of amides is 1. The number of carboxylic acid groups (broad SMARTS) is 1. The van der Waals surface area contributed by atoms with Crippen molar-refractivity contribution in [3.63, 3.8) is 0 Å². The molecule has 0 radical (unpaired) electrons. The zero-order valence-corrected chi connectivity index (χ0v) is 15.6. The minimum Gasteiger partial charge on any atom is -0.486 e. The van der Waals surface area contributed by atoms with Gasteiger partial charge in [0.15, 0.2) is 0 Å². The lowest BCUT2D eigenvalue weighted by atomic mass is 10.3. The Labute approximate surface area is 163 Å². The molecule has 0 atom stereocenters. The van der Waals surface area contributed by atoms with Gasteiger partial charge in [0.25, 0.3) is 5.91 Å². The summed E-state index contributed by atoms with van der Waals surface area (Å²) in [6, 6.07) is 10.4. The third-order valence-corrected chi connectivity index (χ3v) is 4.91. The molecule has 1 fully saturated rings. The molecular weight excluding hydrogens is 398 g/mol. The van der Waals surface area contributed by atoms with E-state index < -0.39 is 18.4 Å². The minimum atomic E-state index is -1.12. The molecule has 6 nitrogen and oxygen atoms in total. The first kappa shape index (κ1) is 18.5. The average Bonchev–Trinajstić information content (AvgIpc) is 3.13. The van der Waals surface area contributed by atoms with Crippen LogP contribution in [0.2, 0.25) is 5.02 Å². The molecule has 1 saturated heterocycles. The number of carbonyl (C=O) groups is 2. The fourth-order valence-corrected chi connectivity index (χ4v) is 3.58. The molecular formula is C17H12ClNO5S2. The van der Waals surface area contributed by atoms with Gasteiger partial charge in [-0.15, -0.1) is 0 Å². The smallest absolute Gasteiger partial charge is 0.323 e. The Balaban J connectivity index is 1.66. The van der Waals surface area contributed by atoms with E-state index >= 15 is 0 Å². The maximum absolute atomic E-state index is 12.2. The number of carboxylic acids is 1. The van der Waals surface area contributed by atoms with Gasteiger partial charge in [-0.2, -0.15) is 0 Å². The van der Waals surface area contributed by atoms with Crippen LogP contribution in [-0.2, 0) is 16.2 Å². The van der Waals surface area contributed by atoms with Crippen LogP contribution in [0.5, 0.6) is 5.75 Å². The van der Waals surface area contributed by atoms with E-state index in [9.17, 15) is 9.59 Å². The van der Waals surface area contributed by atoms with E-state index in [2.05, 4.69) is 0 Å². The lowest BCUT2D eigenvalue weighted by Gasteiger charge is -2.09. The van der Waals surface area contributed by atoms with Crippen LogP contribution in [0.1, 0.15) is 11.5 Å². The van der Waals surface area contributed by atoms with E-state index in [1.54, 1.807) is 36.4 Å². The molecule has 1 N–H and O–H groups in total. The molecule has 9 heteroatoms. The first-order valence-corrected chi connectivity index (χ1v) is 8.97. The Morgan fingerprint density at radius 2 is 2.19 bits per heavy atom. The number of halogens is 1. The number of nitrogens with zero attached hydrogens (tertiary/aromatic N) is 1. The molecule has 1 aliphatic rings. The van der Waals surface area contributed by atoms with Crippen LogP contribution in [-0.4, -0.2) is 32.7 Å². The molecule has 0 aliphatic carbocycles. The Morgan fingerprint density at radius 3 is 2.92 bits per heavy atom. The topological polar surface area (TPSA) is 80.0 Å². The number of hydrogen-bond acceptors (Lipinski definition) is 6. The molecule has 1 amide bonds. The quantitative estimate of drug-likeness (QED) is 0.574. The number of ether oxygens (including phenoxy) is 1. The summed E-state index contributed by atoms with van der Waals surface area (Å²) in [5.41, 5.74) is 0. The maximum Gasteiger partial charge on any atom is 0.323 e. The van der Waals surface area contributed by atoms with Crippen LogP contribution in [0.15, 0.2) is 45.7 Å². The number of rotatable bonds is 6. The van der Waals surface area contributed by atoms with E-state index in [1.807, 2.05) is 0 Å². The Morgan fingerprint density at radius 1 is 1.38 bits per heavy atom. The molecule has 0 bridgehead atoms. The highest BCUT2D eigenvalue weighted by atomic mass is 35.5. The van der Waals surface area contributed by atoms with Crippen LogP contribution in [0, 0.1) is 0 Å². The fourth-order valence-electron chi connectivity index (χ4n) is 2.16. The highest BCUT2D eigenvalue weighted by molar-refractivity contribution is 8.26. The summed E-state index contributed by atoms with van der Waals surface area (Å²) in [6.07, 6.45) is 1.53. The number of hydrogen-bond donors (Lipinski definition) is 1. The molecule has 26 heavy (non-hydrogen) atoms. The average molecular weight is 410 g/mol. The van der Waals surface area contributed by atoms with Crippen molar-refractivity contribution in [1.82, 2.24) is 4.90 Å².